The molecule has 0 saturated heterocycles. The highest BCUT2D eigenvalue weighted by Gasteiger charge is 2.10. The summed E-state index contributed by atoms with van der Waals surface area (Å²) in [7, 11) is -2.24. The monoisotopic (exact) mass is 307 g/mol. The Morgan fingerprint density at radius 1 is 1.00 bits per heavy atom. The van der Waals surface area contributed by atoms with Gasteiger partial charge in [-0.3, -0.25) is 9.35 Å². The second-order valence-electron chi connectivity index (χ2n) is 5.33. The number of nitrogens with zero attached hydrogens (tertiary/aromatic N) is 1. The first-order chi connectivity index (χ1) is 9.37. The molecule has 0 radical (unpaired) electrons. The lowest BCUT2D eigenvalue weighted by molar-refractivity contribution is -0.130. The smallest absolute Gasteiger partial charge is 0.264 e. The summed E-state index contributed by atoms with van der Waals surface area (Å²) in [5.74, 6) is -0.240. The molecule has 0 aromatic carbocycles. The molecule has 1 amide bonds. The fraction of sp³-hybridized carbons (Fsp3) is 0.929. The van der Waals surface area contributed by atoms with E-state index in [1.54, 1.807) is 11.9 Å². The summed E-state index contributed by atoms with van der Waals surface area (Å²) in [4.78, 5) is 13.3. The highest BCUT2D eigenvalue weighted by Crippen LogP contribution is 2.09. The molecule has 0 spiro atoms. The molecule has 1 N–H and O–H groups in total. The minimum atomic E-state index is -3.92. The summed E-state index contributed by atoms with van der Waals surface area (Å²) in [6.45, 7) is 2.56. The maximum atomic E-state index is 11.7. The van der Waals surface area contributed by atoms with Gasteiger partial charge in [0.2, 0.25) is 5.91 Å². The lowest BCUT2D eigenvalue weighted by Crippen LogP contribution is -2.28. The SMILES string of the molecule is CCCCCCCCCC(=O)N(C)CCCS(=O)(=O)O. The first-order valence-corrected chi connectivity index (χ1v) is 9.17. The van der Waals surface area contributed by atoms with Gasteiger partial charge >= 0.3 is 0 Å². The van der Waals surface area contributed by atoms with E-state index in [0.29, 0.717) is 13.0 Å². The van der Waals surface area contributed by atoms with Crippen molar-refractivity contribution in [2.45, 2.75) is 64.7 Å². The second-order valence-corrected chi connectivity index (χ2v) is 6.90. The zero-order valence-electron chi connectivity index (χ0n) is 12.8. The van der Waals surface area contributed by atoms with Gasteiger partial charge in [0.05, 0.1) is 5.75 Å². The number of amides is 1. The fourth-order valence-corrected chi connectivity index (χ4v) is 2.53. The standard InChI is InChI=1S/C14H29NO4S/c1-3-4-5-6-7-8-9-11-14(16)15(2)12-10-13-20(17,18)19/h3-13H2,1-2H3,(H,17,18,19). The van der Waals surface area contributed by atoms with Crippen LogP contribution >= 0.6 is 0 Å². The third kappa shape index (κ3) is 12.4. The van der Waals surface area contributed by atoms with E-state index in [-0.39, 0.29) is 18.1 Å². The van der Waals surface area contributed by atoms with E-state index < -0.39 is 10.1 Å². The highest BCUT2D eigenvalue weighted by molar-refractivity contribution is 7.85. The number of carbonyl (C=O) groups excluding carboxylic acids is 1. The lowest BCUT2D eigenvalue weighted by atomic mass is 10.1. The van der Waals surface area contributed by atoms with Gasteiger partial charge in [-0.2, -0.15) is 8.42 Å². The Balaban J connectivity index is 3.55. The van der Waals surface area contributed by atoms with Gasteiger partial charge in [-0.05, 0) is 12.8 Å². The van der Waals surface area contributed by atoms with E-state index in [1.165, 1.54) is 32.1 Å². The number of unbranched alkanes of at least 4 members (excludes halogenated alkanes) is 6. The van der Waals surface area contributed by atoms with E-state index in [2.05, 4.69) is 6.92 Å². The van der Waals surface area contributed by atoms with Crippen LogP contribution in [0.25, 0.3) is 0 Å². The molecule has 120 valence electrons. The molecule has 0 aromatic heterocycles. The van der Waals surface area contributed by atoms with Gasteiger partial charge in [-0.15, -0.1) is 0 Å². The number of hydrogen-bond donors (Lipinski definition) is 1. The van der Waals surface area contributed by atoms with Gasteiger partial charge in [0.25, 0.3) is 10.1 Å². The molecular formula is C14H29NO4S. The minimum Gasteiger partial charge on any atom is -0.346 e. The molecule has 0 bridgehead atoms. The molecule has 0 aliphatic rings. The Morgan fingerprint density at radius 3 is 2.10 bits per heavy atom. The summed E-state index contributed by atoms with van der Waals surface area (Å²) in [6.07, 6.45) is 9.00. The Bertz CT molecular complexity index is 354. The average molecular weight is 307 g/mol. The molecule has 0 aliphatic heterocycles. The maximum Gasteiger partial charge on any atom is 0.264 e. The van der Waals surface area contributed by atoms with Crippen molar-refractivity contribution >= 4 is 16.0 Å². The number of hydrogen-bond acceptors (Lipinski definition) is 3. The van der Waals surface area contributed by atoms with Crippen molar-refractivity contribution in [3.8, 4) is 0 Å². The van der Waals surface area contributed by atoms with E-state index >= 15 is 0 Å². The molecule has 0 rings (SSSR count). The van der Waals surface area contributed by atoms with Gasteiger partial charge in [0.1, 0.15) is 0 Å². The van der Waals surface area contributed by atoms with Gasteiger partial charge in [-0.25, -0.2) is 0 Å². The van der Waals surface area contributed by atoms with Crippen LogP contribution in [0, 0.1) is 0 Å². The number of carbonyl (C=O) groups is 1. The predicted octanol–water partition coefficient (Wildman–Crippen LogP) is 2.86. The normalized spacial score (nSPS) is 11.6. The van der Waals surface area contributed by atoms with Crippen molar-refractivity contribution in [2.75, 3.05) is 19.3 Å². The van der Waals surface area contributed by atoms with Gasteiger partial charge < -0.3 is 4.90 Å². The third-order valence-corrected chi connectivity index (χ3v) is 4.12. The average Bonchev–Trinajstić information content (AvgIpc) is 2.35. The lowest BCUT2D eigenvalue weighted by Gasteiger charge is -2.16. The molecule has 0 aliphatic carbocycles. The molecular weight excluding hydrogens is 278 g/mol. The summed E-state index contributed by atoms with van der Waals surface area (Å²) in [5.41, 5.74) is 0. The van der Waals surface area contributed by atoms with Crippen molar-refractivity contribution < 1.29 is 17.8 Å². The molecule has 5 nitrogen and oxygen atoms in total. The highest BCUT2D eigenvalue weighted by atomic mass is 32.2. The van der Waals surface area contributed by atoms with Crippen molar-refractivity contribution in [3.63, 3.8) is 0 Å². The molecule has 0 atom stereocenters. The summed E-state index contributed by atoms with van der Waals surface area (Å²) >= 11 is 0. The maximum absolute atomic E-state index is 11.7. The zero-order valence-corrected chi connectivity index (χ0v) is 13.6. The van der Waals surface area contributed by atoms with E-state index in [1.807, 2.05) is 0 Å². The molecule has 0 aromatic rings. The van der Waals surface area contributed by atoms with E-state index in [4.69, 9.17) is 4.55 Å². The number of rotatable bonds is 12. The van der Waals surface area contributed by atoms with Crippen LogP contribution in [0.5, 0.6) is 0 Å². The predicted molar refractivity (Wildman–Crippen MR) is 81.3 cm³/mol. The Labute approximate surface area is 123 Å². The molecule has 0 saturated carbocycles. The van der Waals surface area contributed by atoms with E-state index in [9.17, 15) is 13.2 Å². The minimum absolute atomic E-state index is 0.0499. The van der Waals surface area contributed by atoms with Crippen molar-refractivity contribution in [3.05, 3.63) is 0 Å². The van der Waals surface area contributed by atoms with Crippen molar-refractivity contribution in [1.29, 1.82) is 0 Å². The summed E-state index contributed by atoms with van der Waals surface area (Å²) in [5, 5.41) is 0. The third-order valence-electron chi connectivity index (χ3n) is 3.32. The van der Waals surface area contributed by atoms with Gasteiger partial charge in [0.15, 0.2) is 0 Å². The van der Waals surface area contributed by atoms with Gasteiger partial charge in [-0.1, -0.05) is 45.4 Å². The van der Waals surface area contributed by atoms with E-state index in [0.717, 1.165) is 12.8 Å². The molecule has 0 heterocycles. The second kappa shape index (κ2) is 11.1. The van der Waals surface area contributed by atoms with Crippen LogP contribution in [-0.4, -0.2) is 43.1 Å². The molecule has 20 heavy (non-hydrogen) atoms. The molecule has 6 heteroatoms. The Morgan fingerprint density at radius 2 is 1.55 bits per heavy atom. The topological polar surface area (TPSA) is 74.7 Å². The van der Waals surface area contributed by atoms with Crippen molar-refractivity contribution in [2.24, 2.45) is 0 Å². The fourth-order valence-electron chi connectivity index (χ4n) is 2.03. The first kappa shape index (κ1) is 19.4. The Kier molecular flexibility index (Phi) is 10.7. The molecule has 0 fully saturated rings. The van der Waals surface area contributed by atoms with Crippen LogP contribution < -0.4 is 0 Å². The van der Waals surface area contributed by atoms with Crippen molar-refractivity contribution in [1.82, 2.24) is 4.90 Å². The van der Waals surface area contributed by atoms with Gasteiger partial charge in [0, 0.05) is 20.0 Å². The largest absolute Gasteiger partial charge is 0.346 e. The molecule has 0 unspecified atom stereocenters. The van der Waals surface area contributed by atoms with Crippen LogP contribution in [0.15, 0.2) is 0 Å². The van der Waals surface area contributed by atoms with Crippen LogP contribution in [0.1, 0.15) is 64.7 Å². The quantitative estimate of drug-likeness (QED) is 0.444. The van der Waals surface area contributed by atoms with Crippen LogP contribution in [0.3, 0.4) is 0 Å². The van der Waals surface area contributed by atoms with Crippen LogP contribution in [0.4, 0.5) is 0 Å². The first-order valence-electron chi connectivity index (χ1n) is 7.56. The van der Waals surface area contributed by atoms with Crippen LogP contribution in [0.2, 0.25) is 0 Å². The Hall–Kier alpha value is -0.620. The zero-order chi connectivity index (χ0) is 15.4. The van der Waals surface area contributed by atoms with Crippen LogP contribution in [-0.2, 0) is 14.9 Å². The summed E-state index contributed by atoms with van der Waals surface area (Å²) < 4.78 is 29.7. The summed E-state index contributed by atoms with van der Waals surface area (Å²) in [6, 6.07) is 0.